The second-order valence-electron chi connectivity index (χ2n) is 6.60. The fourth-order valence-electron chi connectivity index (χ4n) is 3.46. The second-order valence-corrected chi connectivity index (χ2v) is 6.60. The van der Waals surface area contributed by atoms with E-state index in [9.17, 15) is 4.79 Å². The monoisotopic (exact) mass is 334 g/mol. The van der Waals surface area contributed by atoms with E-state index >= 15 is 0 Å². The van der Waals surface area contributed by atoms with Gasteiger partial charge in [-0.3, -0.25) is 4.79 Å². The number of rotatable bonds is 4. The van der Waals surface area contributed by atoms with Gasteiger partial charge in [0.2, 0.25) is 5.91 Å². The lowest BCUT2D eigenvalue weighted by molar-refractivity contribution is -0.115. The van der Waals surface area contributed by atoms with Gasteiger partial charge in [0.25, 0.3) is 0 Å². The van der Waals surface area contributed by atoms with Gasteiger partial charge in [-0.2, -0.15) is 0 Å². The Hall–Kier alpha value is -2.66. The van der Waals surface area contributed by atoms with Gasteiger partial charge in [-0.05, 0) is 61.2 Å². The van der Waals surface area contributed by atoms with Crippen LogP contribution >= 0.6 is 0 Å². The van der Waals surface area contributed by atoms with Crippen molar-refractivity contribution in [2.24, 2.45) is 0 Å². The molecule has 0 atom stereocenters. The normalized spacial score (nSPS) is 15.4. The molecule has 128 valence electrons. The van der Waals surface area contributed by atoms with Gasteiger partial charge in [-0.1, -0.05) is 18.2 Å². The standard InChI is InChI=1S/C20H22N4O/c25-20(13-15-1-6-19-22-11-12-24(19)14-15)23-18-4-2-16(3-5-18)17-7-9-21-10-8-17/h1-6,11-12,14,17,21H,7-10,13H2,(H,23,25). The molecule has 3 heterocycles. The van der Waals surface area contributed by atoms with Crippen molar-refractivity contribution >= 4 is 17.2 Å². The predicted molar refractivity (Wildman–Crippen MR) is 98.8 cm³/mol. The van der Waals surface area contributed by atoms with E-state index < -0.39 is 0 Å². The minimum atomic E-state index is -0.00548. The van der Waals surface area contributed by atoms with Crippen molar-refractivity contribution < 1.29 is 4.79 Å². The number of imidazole rings is 1. The molecule has 1 aliphatic rings. The van der Waals surface area contributed by atoms with Gasteiger partial charge in [0.1, 0.15) is 5.65 Å². The summed E-state index contributed by atoms with van der Waals surface area (Å²) in [7, 11) is 0. The Bertz CT molecular complexity index is 863. The molecule has 2 N–H and O–H groups in total. The molecular weight excluding hydrogens is 312 g/mol. The van der Waals surface area contributed by atoms with Crippen LogP contribution in [-0.2, 0) is 11.2 Å². The zero-order valence-electron chi connectivity index (χ0n) is 14.1. The molecule has 0 unspecified atom stereocenters. The molecule has 0 bridgehead atoms. The van der Waals surface area contributed by atoms with Crippen molar-refractivity contribution in [3.05, 3.63) is 66.1 Å². The van der Waals surface area contributed by atoms with Crippen molar-refractivity contribution in [2.45, 2.75) is 25.2 Å². The van der Waals surface area contributed by atoms with Gasteiger partial charge in [-0.15, -0.1) is 0 Å². The largest absolute Gasteiger partial charge is 0.326 e. The Morgan fingerprint density at radius 2 is 1.96 bits per heavy atom. The van der Waals surface area contributed by atoms with Crippen molar-refractivity contribution in [1.29, 1.82) is 0 Å². The molecule has 1 fully saturated rings. The summed E-state index contributed by atoms with van der Waals surface area (Å²) in [5, 5.41) is 6.38. The molecule has 1 aromatic carbocycles. The summed E-state index contributed by atoms with van der Waals surface area (Å²) in [6, 6.07) is 12.2. The third-order valence-corrected chi connectivity index (χ3v) is 4.82. The highest BCUT2D eigenvalue weighted by molar-refractivity contribution is 5.92. The van der Waals surface area contributed by atoms with E-state index in [1.807, 2.05) is 41.1 Å². The molecule has 4 rings (SSSR count). The van der Waals surface area contributed by atoms with Gasteiger partial charge in [0.15, 0.2) is 0 Å². The van der Waals surface area contributed by atoms with E-state index in [1.165, 1.54) is 18.4 Å². The third kappa shape index (κ3) is 3.72. The maximum Gasteiger partial charge on any atom is 0.228 e. The minimum absolute atomic E-state index is 0.00548. The van der Waals surface area contributed by atoms with Gasteiger partial charge in [-0.25, -0.2) is 4.98 Å². The van der Waals surface area contributed by atoms with Crippen LogP contribution < -0.4 is 10.6 Å². The van der Waals surface area contributed by atoms with E-state index in [1.54, 1.807) is 6.20 Å². The lowest BCUT2D eigenvalue weighted by Crippen LogP contribution is -2.26. The number of amides is 1. The van der Waals surface area contributed by atoms with Crippen molar-refractivity contribution in [1.82, 2.24) is 14.7 Å². The number of anilines is 1. The van der Waals surface area contributed by atoms with Crippen LogP contribution in [0.1, 0.15) is 29.9 Å². The van der Waals surface area contributed by atoms with Gasteiger partial charge < -0.3 is 15.0 Å². The smallest absolute Gasteiger partial charge is 0.228 e. The Morgan fingerprint density at radius 1 is 1.16 bits per heavy atom. The highest BCUT2D eigenvalue weighted by Gasteiger charge is 2.15. The molecule has 3 aromatic rings. The number of nitrogens with zero attached hydrogens (tertiary/aromatic N) is 2. The summed E-state index contributed by atoms with van der Waals surface area (Å²) < 4.78 is 1.93. The molecule has 5 heteroatoms. The predicted octanol–water partition coefficient (Wildman–Crippen LogP) is 2.98. The van der Waals surface area contributed by atoms with Crippen molar-refractivity contribution in [3.8, 4) is 0 Å². The number of aromatic nitrogens is 2. The first kappa shape index (κ1) is 15.8. The van der Waals surface area contributed by atoms with Gasteiger partial charge in [0.05, 0.1) is 6.42 Å². The Morgan fingerprint density at radius 3 is 2.76 bits per heavy atom. The summed E-state index contributed by atoms with van der Waals surface area (Å²) >= 11 is 0. The molecule has 5 nitrogen and oxygen atoms in total. The summed E-state index contributed by atoms with van der Waals surface area (Å²) in [5.74, 6) is 0.627. The molecule has 1 saturated heterocycles. The molecule has 0 saturated carbocycles. The molecule has 0 aliphatic carbocycles. The summed E-state index contributed by atoms with van der Waals surface area (Å²) in [6.45, 7) is 2.18. The molecule has 0 spiro atoms. The molecule has 0 radical (unpaired) electrons. The zero-order chi connectivity index (χ0) is 17.1. The summed E-state index contributed by atoms with van der Waals surface area (Å²) in [5.41, 5.74) is 4.07. The Kier molecular flexibility index (Phi) is 4.48. The number of carbonyl (C=O) groups excluding carboxylic acids is 1. The number of nitrogens with one attached hydrogen (secondary N) is 2. The first-order valence-electron chi connectivity index (χ1n) is 8.80. The second kappa shape index (κ2) is 7.07. The van der Waals surface area contributed by atoms with Crippen LogP contribution in [0.4, 0.5) is 5.69 Å². The average molecular weight is 334 g/mol. The van der Waals surface area contributed by atoms with E-state index in [4.69, 9.17) is 0 Å². The number of fused-ring (bicyclic) bond motifs is 1. The van der Waals surface area contributed by atoms with Crippen molar-refractivity contribution in [2.75, 3.05) is 18.4 Å². The maximum atomic E-state index is 12.3. The Labute approximate surface area is 147 Å². The lowest BCUT2D eigenvalue weighted by atomic mass is 9.90. The number of benzene rings is 1. The number of piperidine rings is 1. The minimum Gasteiger partial charge on any atom is -0.326 e. The van der Waals surface area contributed by atoms with Gasteiger partial charge in [0, 0.05) is 24.3 Å². The average Bonchev–Trinajstić information content (AvgIpc) is 3.11. The SMILES string of the molecule is O=C(Cc1ccc2nccn2c1)Nc1ccc(C2CCNCC2)cc1. The van der Waals surface area contributed by atoms with Gasteiger partial charge >= 0.3 is 0 Å². The first-order chi connectivity index (χ1) is 12.3. The number of hydrogen-bond acceptors (Lipinski definition) is 3. The fourth-order valence-corrected chi connectivity index (χ4v) is 3.46. The summed E-state index contributed by atoms with van der Waals surface area (Å²) in [6.07, 6.45) is 8.30. The topological polar surface area (TPSA) is 58.4 Å². The number of hydrogen-bond donors (Lipinski definition) is 2. The zero-order valence-corrected chi connectivity index (χ0v) is 14.1. The molecular formula is C20H22N4O. The van der Waals surface area contributed by atoms with E-state index in [-0.39, 0.29) is 5.91 Å². The quantitative estimate of drug-likeness (QED) is 0.771. The van der Waals surface area contributed by atoms with Crippen LogP contribution in [-0.4, -0.2) is 28.4 Å². The van der Waals surface area contributed by atoms with Crippen LogP contribution in [0.5, 0.6) is 0 Å². The highest BCUT2D eigenvalue weighted by Crippen LogP contribution is 2.26. The van der Waals surface area contributed by atoms with Crippen LogP contribution in [0, 0.1) is 0 Å². The van der Waals surface area contributed by atoms with Crippen LogP contribution in [0.3, 0.4) is 0 Å². The maximum absolute atomic E-state index is 12.3. The first-order valence-corrected chi connectivity index (χ1v) is 8.80. The molecule has 2 aromatic heterocycles. The Balaban J connectivity index is 1.38. The lowest BCUT2D eigenvalue weighted by Gasteiger charge is -2.23. The fraction of sp³-hybridized carbons (Fsp3) is 0.300. The van der Waals surface area contributed by atoms with E-state index in [0.29, 0.717) is 12.3 Å². The molecule has 25 heavy (non-hydrogen) atoms. The number of pyridine rings is 1. The van der Waals surface area contributed by atoms with Crippen molar-refractivity contribution in [3.63, 3.8) is 0 Å². The van der Waals surface area contributed by atoms with Crippen LogP contribution in [0.25, 0.3) is 5.65 Å². The molecule has 1 aliphatic heterocycles. The third-order valence-electron chi connectivity index (χ3n) is 4.82. The number of carbonyl (C=O) groups is 1. The van der Waals surface area contributed by atoms with Crippen LogP contribution in [0.2, 0.25) is 0 Å². The van der Waals surface area contributed by atoms with E-state index in [0.717, 1.165) is 30.0 Å². The van der Waals surface area contributed by atoms with Crippen LogP contribution in [0.15, 0.2) is 55.0 Å². The summed E-state index contributed by atoms with van der Waals surface area (Å²) in [4.78, 5) is 16.5. The van der Waals surface area contributed by atoms with E-state index in [2.05, 4.69) is 27.8 Å². The highest BCUT2D eigenvalue weighted by atomic mass is 16.1. The molecule has 1 amide bonds.